The molecule has 5 unspecified atom stereocenters. The maximum absolute atomic E-state index is 11.4. The molecule has 1 heterocycles. The smallest absolute Gasteiger partial charge is 0.241 e. The summed E-state index contributed by atoms with van der Waals surface area (Å²) in [5.74, 6) is 3.25. The van der Waals surface area contributed by atoms with Crippen LogP contribution < -0.4 is 9.47 Å². The predicted molar refractivity (Wildman–Crippen MR) is 76.1 cm³/mol. The van der Waals surface area contributed by atoms with Crippen molar-refractivity contribution >= 4 is 0 Å². The van der Waals surface area contributed by atoms with Crippen LogP contribution in [0.4, 0.5) is 0 Å². The van der Waals surface area contributed by atoms with E-state index in [1.54, 1.807) is 20.4 Å². The number of hydrogen-bond donors (Lipinski definition) is 1. The van der Waals surface area contributed by atoms with Gasteiger partial charge in [-0.2, -0.15) is 4.98 Å². The molecular weight excluding hydrogens is 268 g/mol. The molecule has 5 nitrogen and oxygen atoms in total. The minimum atomic E-state index is -0.874. The second kappa shape index (κ2) is 4.57. The summed E-state index contributed by atoms with van der Waals surface area (Å²) in [4.78, 5) is 8.75. The largest absolute Gasteiger partial charge is 0.480 e. The first-order chi connectivity index (χ1) is 10.2. The highest BCUT2D eigenvalue weighted by Gasteiger charge is 2.62. The van der Waals surface area contributed by atoms with Gasteiger partial charge in [-0.15, -0.1) is 0 Å². The van der Waals surface area contributed by atoms with E-state index in [1.807, 2.05) is 0 Å². The number of methoxy groups -OCH3 is 2. The molecule has 2 bridgehead atoms. The Morgan fingerprint density at radius 3 is 2.81 bits per heavy atom. The van der Waals surface area contributed by atoms with E-state index in [4.69, 9.17) is 9.47 Å². The van der Waals surface area contributed by atoms with Gasteiger partial charge in [0.15, 0.2) is 0 Å². The Morgan fingerprint density at radius 1 is 1.24 bits per heavy atom. The second-order valence-electron chi connectivity index (χ2n) is 6.76. The third kappa shape index (κ3) is 1.73. The van der Waals surface area contributed by atoms with Gasteiger partial charge in [-0.25, -0.2) is 4.98 Å². The van der Waals surface area contributed by atoms with Crippen LogP contribution in [0.3, 0.4) is 0 Å². The molecule has 4 rings (SSSR count). The molecule has 21 heavy (non-hydrogen) atoms. The fourth-order valence-electron chi connectivity index (χ4n) is 5.28. The van der Waals surface area contributed by atoms with E-state index in [-0.39, 0.29) is 0 Å². The van der Waals surface area contributed by atoms with Crippen molar-refractivity contribution in [2.24, 2.45) is 23.7 Å². The Labute approximate surface area is 124 Å². The highest BCUT2D eigenvalue weighted by atomic mass is 16.5. The first kappa shape index (κ1) is 13.3. The topological polar surface area (TPSA) is 64.5 Å². The Morgan fingerprint density at radius 2 is 2.05 bits per heavy atom. The lowest BCUT2D eigenvalue weighted by atomic mass is 9.71. The van der Waals surface area contributed by atoms with E-state index in [9.17, 15) is 5.11 Å². The van der Waals surface area contributed by atoms with E-state index in [0.29, 0.717) is 35.2 Å². The molecule has 0 saturated heterocycles. The van der Waals surface area contributed by atoms with Crippen LogP contribution in [0.25, 0.3) is 0 Å². The van der Waals surface area contributed by atoms with Crippen LogP contribution in [0.2, 0.25) is 0 Å². The lowest BCUT2D eigenvalue weighted by Crippen LogP contribution is -2.40. The average molecular weight is 290 g/mol. The van der Waals surface area contributed by atoms with Gasteiger partial charge >= 0.3 is 0 Å². The summed E-state index contributed by atoms with van der Waals surface area (Å²) in [7, 11) is 3.13. The van der Waals surface area contributed by atoms with Crippen LogP contribution >= 0.6 is 0 Å². The van der Waals surface area contributed by atoms with Gasteiger partial charge in [0.2, 0.25) is 11.8 Å². The first-order valence-electron chi connectivity index (χ1n) is 7.85. The zero-order valence-corrected chi connectivity index (χ0v) is 12.6. The van der Waals surface area contributed by atoms with Crippen LogP contribution in [-0.2, 0) is 5.60 Å². The van der Waals surface area contributed by atoms with Crippen molar-refractivity contribution in [3.63, 3.8) is 0 Å². The van der Waals surface area contributed by atoms with Gasteiger partial charge in [-0.1, -0.05) is 6.42 Å². The molecule has 3 saturated carbocycles. The van der Waals surface area contributed by atoms with Crippen molar-refractivity contribution in [3.8, 4) is 11.8 Å². The van der Waals surface area contributed by atoms with Gasteiger partial charge in [-0.05, 0) is 49.4 Å². The van der Waals surface area contributed by atoms with Crippen LogP contribution in [0, 0.1) is 23.7 Å². The highest BCUT2D eigenvalue weighted by molar-refractivity contribution is 5.32. The fraction of sp³-hybridized carbons (Fsp3) is 0.750. The van der Waals surface area contributed by atoms with Crippen molar-refractivity contribution < 1.29 is 14.6 Å². The molecule has 1 aromatic rings. The van der Waals surface area contributed by atoms with Crippen molar-refractivity contribution in [3.05, 3.63) is 11.9 Å². The van der Waals surface area contributed by atoms with Crippen LogP contribution in [-0.4, -0.2) is 29.3 Å². The molecule has 0 amide bonds. The van der Waals surface area contributed by atoms with Crippen LogP contribution in [0.1, 0.15) is 37.8 Å². The molecule has 0 aliphatic heterocycles. The molecule has 1 aromatic heterocycles. The standard InChI is InChI=1S/C16H22N2O3/c1-20-13-8-17-14(15(18-13)21-2)16(19)7-9-6-12(16)11-5-3-4-10(9)11/h8-12,19H,3-7H2,1-2H3. The van der Waals surface area contributed by atoms with Gasteiger partial charge < -0.3 is 14.6 Å². The third-order valence-electron chi connectivity index (χ3n) is 6.02. The summed E-state index contributed by atoms with van der Waals surface area (Å²) in [6.45, 7) is 0. The molecule has 114 valence electrons. The first-order valence-corrected chi connectivity index (χ1v) is 7.85. The zero-order valence-electron chi connectivity index (χ0n) is 12.6. The molecule has 0 spiro atoms. The normalized spacial score (nSPS) is 40.3. The highest BCUT2D eigenvalue weighted by Crippen LogP contribution is 2.65. The maximum atomic E-state index is 11.4. The van der Waals surface area contributed by atoms with Crippen LogP contribution in [0.15, 0.2) is 6.20 Å². The molecule has 5 heteroatoms. The summed E-state index contributed by atoms with van der Waals surface area (Å²) in [6, 6.07) is 0. The average Bonchev–Trinajstić information content (AvgIpc) is 3.18. The van der Waals surface area contributed by atoms with E-state index >= 15 is 0 Å². The van der Waals surface area contributed by atoms with Crippen LogP contribution in [0.5, 0.6) is 11.8 Å². The quantitative estimate of drug-likeness (QED) is 0.924. The summed E-state index contributed by atoms with van der Waals surface area (Å²) in [5.41, 5.74) is -0.274. The molecule has 0 radical (unpaired) electrons. The van der Waals surface area contributed by atoms with Gasteiger partial charge in [-0.3, -0.25) is 0 Å². The summed E-state index contributed by atoms with van der Waals surface area (Å²) < 4.78 is 10.5. The molecule has 3 fully saturated rings. The van der Waals surface area contributed by atoms with Crippen molar-refractivity contribution in [2.75, 3.05) is 14.2 Å². The minimum absolute atomic E-state index is 0.312. The molecule has 1 N–H and O–H groups in total. The lowest BCUT2D eigenvalue weighted by molar-refractivity contribution is -0.0566. The molecular formula is C16H22N2O3. The van der Waals surface area contributed by atoms with Gasteiger partial charge in [0.05, 0.1) is 20.4 Å². The number of fused-ring (bicyclic) bond motifs is 5. The van der Waals surface area contributed by atoms with Crippen molar-refractivity contribution in [1.82, 2.24) is 9.97 Å². The zero-order chi connectivity index (χ0) is 14.6. The lowest BCUT2D eigenvalue weighted by Gasteiger charge is -2.38. The Hall–Kier alpha value is -1.36. The Kier molecular flexibility index (Phi) is 2.89. The number of aliphatic hydroxyl groups is 1. The monoisotopic (exact) mass is 290 g/mol. The summed E-state index contributed by atoms with van der Waals surface area (Å²) in [6.07, 6.45) is 7.41. The van der Waals surface area contributed by atoms with Gasteiger partial charge in [0.1, 0.15) is 11.3 Å². The Bertz CT molecular complexity index is 564. The van der Waals surface area contributed by atoms with Gasteiger partial charge in [0, 0.05) is 0 Å². The van der Waals surface area contributed by atoms with E-state index in [2.05, 4.69) is 9.97 Å². The Balaban J connectivity index is 1.73. The molecule has 3 aliphatic rings. The summed E-state index contributed by atoms with van der Waals surface area (Å²) in [5, 5.41) is 11.4. The van der Waals surface area contributed by atoms with Crippen molar-refractivity contribution in [1.29, 1.82) is 0 Å². The van der Waals surface area contributed by atoms with E-state index in [1.165, 1.54) is 19.3 Å². The number of rotatable bonds is 3. The third-order valence-corrected chi connectivity index (χ3v) is 6.02. The summed E-state index contributed by atoms with van der Waals surface area (Å²) >= 11 is 0. The van der Waals surface area contributed by atoms with E-state index < -0.39 is 5.60 Å². The predicted octanol–water partition coefficient (Wildman–Crippen LogP) is 2.14. The fourth-order valence-corrected chi connectivity index (χ4v) is 5.28. The van der Waals surface area contributed by atoms with Crippen molar-refractivity contribution in [2.45, 2.75) is 37.7 Å². The molecule has 0 aromatic carbocycles. The minimum Gasteiger partial charge on any atom is -0.480 e. The molecule has 5 atom stereocenters. The maximum Gasteiger partial charge on any atom is 0.241 e. The molecule has 3 aliphatic carbocycles. The number of ether oxygens (including phenoxy) is 2. The number of aromatic nitrogens is 2. The number of hydrogen-bond acceptors (Lipinski definition) is 5. The number of nitrogens with zero attached hydrogens (tertiary/aromatic N) is 2. The second-order valence-corrected chi connectivity index (χ2v) is 6.76. The van der Waals surface area contributed by atoms with Gasteiger partial charge in [0.25, 0.3) is 0 Å². The SMILES string of the molecule is COc1cnc(C2(O)CC3CC2C2CCCC32)c(OC)n1. The van der Waals surface area contributed by atoms with E-state index in [0.717, 1.165) is 18.8 Å².